The third kappa shape index (κ3) is 5.31. The Morgan fingerprint density at radius 3 is 2.56 bits per heavy atom. The van der Waals surface area contributed by atoms with Gasteiger partial charge < -0.3 is 15.3 Å². The first-order valence-corrected chi connectivity index (χ1v) is 11.8. The summed E-state index contributed by atoms with van der Waals surface area (Å²) in [6, 6.07) is 10.6. The molecular weight excluding hydrogens is 434 g/mol. The second-order valence-corrected chi connectivity index (χ2v) is 9.27. The number of hydrogen-bond donors (Lipinski definition) is 2. The maximum absolute atomic E-state index is 13.6. The van der Waals surface area contributed by atoms with E-state index in [-0.39, 0.29) is 18.9 Å². The number of carbonyl (C=O) groups is 3. The highest BCUT2D eigenvalue weighted by atomic mass is 16.4. The summed E-state index contributed by atoms with van der Waals surface area (Å²) in [4.78, 5) is 42.6. The van der Waals surface area contributed by atoms with Crippen LogP contribution in [0.5, 0.6) is 0 Å². The highest BCUT2D eigenvalue weighted by molar-refractivity contribution is 6.01. The highest BCUT2D eigenvalue weighted by Gasteiger charge is 2.42. The Kier molecular flexibility index (Phi) is 7.33. The molecule has 2 aliphatic rings. The Morgan fingerprint density at radius 1 is 1.12 bits per heavy atom. The Labute approximate surface area is 197 Å². The zero-order valence-corrected chi connectivity index (χ0v) is 19.0. The van der Waals surface area contributed by atoms with E-state index in [2.05, 4.69) is 15.3 Å². The van der Waals surface area contributed by atoms with Crippen molar-refractivity contribution in [2.75, 3.05) is 6.54 Å². The molecule has 3 atom stereocenters. The lowest BCUT2D eigenvalue weighted by Crippen LogP contribution is -2.52. The molecule has 2 aromatic rings. The molecule has 34 heavy (non-hydrogen) atoms. The highest BCUT2D eigenvalue weighted by Crippen LogP contribution is 2.29. The van der Waals surface area contributed by atoms with Crippen molar-refractivity contribution in [3.63, 3.8) is 0 Å². The molecule has 1 saturated heterocycles. The molecule has 4 rings (SSSR count). The average molecular weight is 464 g/mol. The minimum absolute atomic E-state index is 0.0346. The van der Waals surface area contributed by atoms with Gasteiger partial charge in [0.1, 0.15) is 12.1 Å². The predicted octanol–water partition coefficient (Wildman–Crippen LogP) is 4.27. The molecule has 178 valence electrons. The minimum Gasteiger partial charge on any atom is -0.480 e. The number of carboxylic acids is 1. The second kappa shape index (κ2) is 10.6. The first-order chi connectivity index (χ1) is 16.5. The molecule has 2 fully saturated rings. The number of likely N-dealkylation sites (tertiary alicyclic amines) is 1. The van der Waals surface area contributed by atoms with E-state index >= 15 is 0 Å². The Morgan fingerprint density at radius 2 is 1.85 bits per heavy atom. The number of carbonyl (C=O) groups excluding carboxylic acids is 2. The standard InChI is InChI=1S/C25H29N5O4/c26-29-28-20-14-22(25(33)34)30(15-20)24(32)21(12-16-6-2-1-3-7-16)27-23(31)19-11-10-17-8-4-5-9-18(17)13-19/h4-5,8-11,13,16,20-22H,1-3,6-7,12,14-15H2,(H,27,31)(H,33,34)/t20-,21?,22+/m1/s1. The van der Waals surface area contributed by atoms with Gasteiger partial charge in [-0.2, -0.15) is 0 Å². The number of hydrogen-bond acceptors (Lipinski definition) is 4. The average Bonchev–Trinajstić information content (AvgIpc) is 3.28. The smallest absolute Gasteiger partial charge is 0.326 e. The zero-order valence-electron chi connectivity index (χ0n) is 19.0. The maximum Gasteiger partial charge on any atom is 0.326 e. The lowest BCUT2D eigenvalue weighted by molar-refractivity contribution is -0.149. The number of carboxylic acid groups (broad SMARTS) is 1. The van der Waals surface area contributed by atoms with Gasteiger partial charge >= 0.3 is 5.97 Å². The van der Waals surface area contributed by atoms with E-state index < -0.39 is 30.0 Å². The summed E-state index contributed by atoms with van der Waals surface area (Å²) in [5, 5.41) is 18.1. The van der Waals surface area contributed by atoms with Crippen molar-refractivity contribution in [3.8, 4) is 0 Å². The normalized spacial score (nSPS) is 21.6. The van der Waals surface area contributed by atoms with Crippen molar-refractivity contribution in [1.82, 2.24) is 10.2 Å². The van der Waals surface area contributed by atoms with Crippen molar-refractivity contribution >= 4 is 28.6 Å². The molecule has 2 amide bonds. The van der Waals surface area contributed by atoms with Gasteiger partial charge in [0.2, 0.25) is 5.91 Å². The Balaban J connectivity index is 1.57. The second-order valence-electron chi connectivity index (χ2n) is 9.27. The van der Waals surface area contributed by atoms with E-state index in [1.807, 2.05) is 30.3 Å². The number of nitrogens with zero attached hydrogens (tertiary/aromatic N) is 4. The van der Waals surface area contributed by atoms with E-state index in [0.717, 1.165) is 36.5 Å². The van der Waals surface area contributed by atoms with Crippen LogP contribution in [0.3, 0.4) is 0 Å². The molecule has 9 nitrogen and oxygen atoms in total. The first kappa shape index (κ1) is 23.6. The third-order valence-corrected chi connectivity index (χ3v) is 6.97. The van der Waals surface area contributed by atoms with Gasteiger partial charge in [0.25, 0.3) is 5.91 Å². The lowest BCUT2D eigenvalue weighted by Gasteiger charge is -2.31. The van der Waals surface area contributed by atoms with Gasteiger partial charge in [0.05, 0.1) is 6.04 Å². The van der Waals surface area contributed by atoms with E-state index in [9.17, 15) is 19.5 Å². The van der Waals surface area contributed by atoms with Crippen molar-refractivity contribution in [2.45, 2.75) is 63.1 Å². The summed E-state index contributed by atoms with van der Waals surface area (Å²) >= 11 is 0. The predicted molar refractivity (Wildman–Crippen MR) is 127 cm³/mol. The van der Waals surface area contributed by atoms with Gasteiger partial charge in [-0.05, 0) is 47.2 Å². The number of fused-ring (bicyclic) bond motifs is 1. The maximum atomic E-state index is 13.6. The summed E-state index contributed by atoms with van der Waals surface area (Å²) < 4.78 is 0. The zero-order chi connectivity index (χ0) is 24.1. The molecule has 1 saturated carbocycles. The molecule has 1 unspecified atom stereocenters. The van der Waals surface area contributed by atoms with Gasteiger partial charge in [-0.25, -0.2) is 4.79 Å². The van der Waals surface area contributed by atoms with Crippen molar-refractivity contribution in [3.05, 3.63) is 58.5 Å². The van der Waals surface area contributed by atoms with E-state index in [1.54, 1.807) is 12.1 Å². The fourth-order valence-electron chi connectivity index (χ4n) is 5.20. The number of azide groups is 1. The molecule has 1 aliphatic heterocycles. The van der Waals surface area contributed by atoms with E-state index in [4.69, 9.17) is 5.53 Å². The van der Waals surface area contributed by atoms with Crippen molar-refractivity contribution in [2.24, 2.45) is 11.0 Å². The molecule has 2 N–H and O–H groups in total. The quantitative estimate of drug-likeness (QED) is 0.360. The minimum atomic E-state index is -1.14. The van der Waals surface area contributed by atoms with Crippen LogP contribution in [0, 0.1) is 5.92 Å². The largest absolute Gasteiger partial charge is 0.480 e. The van der Waals surface area contributed by atoms with Crippen LogP contribution in [0.1, 0.15) is 55.3 Å². The van der Waals surface area contributed by atoms with Crippen LogP contribution in [0.25, 0.3) is 21.2 Å². The van der Waals surface area contributed by atoms with Crippen LogP contribution in [-0.4, -0.2) is 52.5 Å². The fourth-order valence-corrected chi connectivity index (χ4v) is 5.20. The molecule has 9 heteroatoms. The third-order valence-electron chi connectivity index (χ3n) is 6.97. The van der Waals surface area contributed by atoms with Crippen LogP contribution < -0.4 is 5.32 Å². The number of aliphatic carboxylic acids is 1. The number of nitrogens with one attached hydrogen (secondary N) is 1. The topological polar surface area (TPSA) is 135 Å². The molecule has 0 spiro atoms. The van der Waals surface area contributed by atoms with Crippen LogP contribution in [0.15, 0.2) is 47.6 Å². The van der Waals surface area contributed by atoms with Crippen LogP contribution in [0.2, 0.25) is 0 Å². The SMILES string of the molecule is [N-]=[N+]=N[C@@H]1C[C@@H](C(=O)O)N(C(=O)C(CC2CCCCC2)NC(=O)c2ccc3ccccc3c2)C1. The van der Waals surface area contributed by atoms with Gasteiger partial charge in [-0.15, -0.1) is 0 Å². The molecular formula is C25H29N5O4. The Hall–Kier alpha value is -3.58. The van der Waals surface area contributed by atoms with Crippen LogP contribution in [0.4, 0.5) is 0 Å². The summed E-state index contributed by atoms with van der Waals surface area (Å²) in [5.74, 6) is -1.64. The lowest BCUT2D eigenvalue weighted by atomic mass is 9.84. The number of amides is 2. The summed E-state index contributed by atoms with van der Waals surface area (Å²) in [5.41, 5.74) is 9.22. The number of benzene rings is 2. The summed E-state index contributed by atoms with van der Waals surface area (Å²) in [7, 11) is 0. The van der Waals surface area contributed by atoms with Crippen molar-refractivity contribution < 1.29 is 19.5 Å². The van der Waals surface area contributed by atoms with E-state index in [0.29, 0.717) is 17.9 Å². The first-order valence-electron chi connectivity index (χ1n) is 11.8. The molecule has 0 bridgehead atoms. The molecule has 0 radical (unpaired) electrons. The molecule has 2 aromatic carbocycles. The van der Waals surface area contributed by atoms with Gasteiger partial charge in [0.15, 0.2) is 0 Å². The molecule has 1 heterocycles. The van der Waals surface area contributed by atoms with Crippen molar-refractivity contribution in [1.29, 1.82) is 0 Å². The number of rotatable bonds is 7. The van der Waals surface area contributed by atoms with Crippen LogP contribution >= 0.6 is 0 Å². The monoisotopic (exact) mass is 463 g/mol. The summed E-state index contributed by atoms with van der Waals surface area (Å²) in [6.45, 7) is 0.0346. The van der Waals surface area contributed by atoms with Crippen LogP contribution in [-0.2, 0) is 9.59 Å². The van der Waals surface area contributed by atoms with Gasteiger partial charge in [-0.3, -0.25) is 9.59 Å². The molecule has 1 aliphatic carbocycles. The fraction of sp³-hybridized carbons (Fsp3) is 0.480. The Bertz CT molecular complexity index is 1120. The van der Waals surface area contributed by atoms with E-state index in [1.165, 1.54) is 11.3 Å². The van der Waals surface area contributed by atoms with Gasteiger partial charge in [0, 0.05) is 17.0 Å². The molecule has 0 aromatic heterocycles. The van der Waals surface area contributed by atoms with Gasteiger partial charge in [-0.1, -0.05) is 67.6 Å². The summed E-state index contributed by atoms with van der Waals surface area (Å²) in [6.07, 6.45) is 5.85.